The highest BCUT2D eigenvalue weighted by molar-refractivity contribution is 7.99. The Balaban J connectivity index is 1.74. The molecule has 0 saturated carbocycles. The van der Waals surface area contributed by atoms with Crippen LogP contribution in [0.1, 0.15) is 36.8 Å². The van der Waals surface area contributed by atoms with Crippen molar-refractivity contribution < 1.29 is 14.3 Å². The van der Waals surface area contributed by atoms with Crippen molar-refractivity contribution in [2.24, 2.45) is 0 Å². The lowest BCUT2D eigenvalue weighted by atomic mass is 10.1. The second kappa shape index (κ2) is 12.2. The van der Waals surface area contributed by atoms with E-state index in [0.29, 0.717) is 22.4 Å². The van der Waals surface area contributed by atoms with Crippen molar-refractivity contribution >= 4 is 69.5 Å². The summed E-state index contributed by atoms with van der Waals surface area (Å²) in [6.45, 7) is 4.35. The Bertz CT molecular complexity index is 1440. The van der Waals surface area contributed by atoms with Crippen LogP contribution in [0.2, 0.25) is 10.0 Å². The lowest BCUT2D eigenvalue weighted by molar-refractivity contribution is -0.118. The van der Waals surface area contributed by atoms with Gasteiger partial charge in [-0.3, -0.25) is 15.1 Å². The number of alkyl carbamates (subject to hydrolysis) is 1. The third-order valence-corrected chi connectivity index (χ3v) is 7.08. The molecule has 0 atom stereocenters. The minimum absolute atomic E-state index is 0.0681. The van der Waals surface area contributed by atoms with E-state index >= 15 is 0 Å². The number of nitrogens with one attached hydrogen (secondary N) is 1. The smallest absolute Gasteiger partial charge is 0.414 e. The van der Waals surface area contributed by atoms with Crippen molar-refractivity contribution in [3.63, 3.8) is 0 Å². The number of pyridine rings is 1. The molecule has 1 N–H and O–H groups in total. The number of halogens is 3. The molecule has 2 aromatic heterocycles. The number of alkyl halides is 1. The molecule has 0 bridgehead atoms. The van der Waals surface area contributed by atoms with Gasteiger partial charge in [0.25, 0.3) is 0 Å². The van der Waals surface area contributed by atoms with Gasteiger partial charge in [-0.15, -0.1) is 11.6 Å². The molecular weight excluding hydrogens is 555 g/mol. The molecule has 0 aliphatic heterocycles. The number of carbonyl (C=O) groups excluding carboxylic acids is 2. The summed E-state index contributed by atoms with van der Waals surface area (Å²) in [4.78, 5) is 33.8. The number of nitrogens with zero attached hydrogens (tertiary/aromatic N) is 3. The molecule has 7 nitrogen and oxygen atoms in total. The van der Waals surface area contributed by atoms with Crippen molar-refractivity contribution in [1.82, 2.24) is 19.9 Å². The van der Waals surface area contributed by atoms with E-state index in [2.05, 4.69) is 16.4 Å². The first-order chi connectivity index (χ1) is 17.7. The predicted molar refractivity (Wildman–Crippen MR) is 147 cm³/mol. The van der Waals surface area contributed by atoms with Gasteiger partial charge in [0.1, 0.15) is 16.7 Å². The maximum absolute atomic E-state index is 12.1. The molecule has 0 unspecified atom stereocenters. The minimum atomic E-state index is -0.894. The van der Waals surface area contributed by atoms with Crippen LogP contribution in [0, 0.1) is 0 Å². The first-order valence-electron chi connectivity index (χ1n) is 11.3. The van der Waals surface area contributed by atoms with Gasteiger partial charge in [0, 0.05) is 26.5 Å². The number of hydrogen-bond acceptors (Lipinski definition) is 6. The summed E-state index contributed by atoms with van der Waals surface area (Å²) < 4.78 is 7.29. The highest BCUT2D eigenvalue weighted by Gasteiger charge is 2.22. The van der Waals surface area contributed by atoms with Gasteiger partial charge < -0.3 is 9.30 Å². The molecule has 192 valence electrons. The zero-order valence-corrected chi connectivity index (χ0v) is 23.1. The maximum atomic E-state index is 12.1. The number of amides is 2. The topological polar surface area (TPSA) is 86.1 Å². The molecule has 37 heavy (non-hydrogen) atoms. The molecule has 0 aliphatic carbocycles. The molecule has 0 saturated heterocycles. The molecular formula is C26H23Cl3N4O3S. The van der Waals surface area contributed by atoms with Crippen LogP contribution in [-0.4, -0.2) is 32.4 Å². The van der Waals surface area contributed by atoms with Gasteiger partial charge in [0.05, 0.1) is 17.8 Å². The lowest BCUT2D eigenvalue weighted by Crippen LogP contribution is -2.32. The third-order valence-electron chi connectivity index (χ3n) is 5.31. The number of fused-ring (bicyclic) bond motifs is 1. The van der Waals surface area contributed by atoms with Gasteiger partial charge in [-0.25, -0.2) is 9.78 Å². The number of imidazole rings is 1. The van der Waals surface area contributed by atoms with Crippen molar-refractivity contribution in [3.05, 3.63) is 81.9 Å². The number of aromatic nitrogens is 3. The van der Waals surface area contributed by atoms with Crippen molar-refractivity contribution in [2.75, 3.05) is 5.88 Å². The van der Waals surface area contributed by atoms with Gasteiger partial charge in [0.15, 0.2) is 6.61 Å². The van der Waals surface area contributed by atoms with Crippen molar-refractivity contribution in [2.45, 2.75) is 42.8 Å². The zero-order chi connectivity index (χ0) is 26.5. The minimum Gasteiger partial charge on any atom is -0.441 e. The Morgan fingerprint density at radius 3 is 2.54 bits per heavy atom. The standard InChI is InChI=1S/C26H23Cl3N4O3S/c1-15(2)24-25(37-20-9-18(28)8-19(29)10-20)33(22(31-24)14-36-26(35)32-23(34)11-27)13-16-7-17-5-3-4-6-21(17)30-12-16/h3-10,12,15H,11,13-14H2,1-2H3,(H,32,34,35). The molecule has 0 radical (unpaired) electrons. The summed E-state index contributed by atoms with van der Waals surface area (Å²) in [5, 5.41) is 4.99. The van der Waals surface area contributed by atoms with Crippen LogP contribution in [-0.2, 0) is 22.7 Å². The summed E-state index contributed by atoms with van der Waals surface area (Å²) in [6.07, 6.45) is 0.924. The van der Waals surface area contributed by atoms with Crippen molar-refractivity contribution in [1.29, 1.82) is 0 Å². The van der Waals surface area contributed by atoms with Crippen LogP contribution in [0.5, 0.6) is 0 Å². The number of imide groups is 1. The fourth-order valence-corrected chi connectivity index (χ4v) is 5.64. The zero-order valence-electron chi connectivity index (χ0n) is 20.0. The summed E-state index contributed by atoms with van der Waals surface area (Å²) in [5.74, 6) is -0.409. The van der Waals surface area contributed by atoms with Gasteiger partial charge in [-0.2, -0.15) is 0 Å². The molecule has 0 spiro atoms. The van der Waals surface area contributed by atoms with E-state index in [1.54, 1.807) is 6.07 Å². The van der Waals surface area contributed by atoms with E-state index in [1.165, 1.54) is 11.8 Å². The fraction of sp³-hybridized carbons (Fsp3) is 0.231. The Morgan fingerprint density at radius 2 is 1.84 bits per heavy atom. The van der Waals surface area contributed by atoms with E-state index in [0.717, 1.165) is 32.1 Å². The average molecular weight is 578 g/mol. The summed E-state index contributed by atoms with van der Waals surface area (Å²) in [5.41, 5.74) is 2.66. The van der Waals surface area contributed by atoms with E-state index in [9.17, 15) is 9.59 Å². The Morgan fingerprint density at radius 1 is 1.11 bits per heavy atom. The number of ether oxygens (including phenoxy) is 1. The monoisotopic (exact) mass is 576 g/mol. The summed E-state index contributed by atoms with van der Waals surface area (Å²) >= 11 is 19.5. The van der Waals surface area contributed by atoms with Gasteiger partial charge in [-0.1, -0.05) is 67.0 Å². The van der Waals surface area contributed by atoms with Crippen LogP contribution in [0.4, 0.5) is 4.79 Å². The van der Waals surface area contributed by atoms with Crippen LogP contribution in [0.15, 0.2) is 64.6 Å². The Kier molecular flexibility index (Phi) is 8.97. The second-order valence-electron chi connectivity index (χ2n) is 8.46. The highest BCUT2D eigenvalue weighted by atomic mass is 35.5. The molecule has 0 aliphatic rings. The predicted octanol–water partition coefficient (Wildman–Crippen LogP) is 7.05. The normalized spacial score (nSPS) is 11.2. The van der Waals surface area contributed by atoms with E-state index in [-0.39, 0.29) is 18.4 Å². The largest absolute Gasteiger partial charge is 0.441 e. The fourth-order valence-electron chi connectivity index (χ4n) is 3.66. The molecule has 0 fully saturated rings. The second-order valence-corrected chi connectivity index (χ2v) is 10.7. The molecule has 2 heterocycles. The number of benzene rings is 2. The van der Waals surface area contributed by atoms with Gasteiger partial charge in [-0.05, 0) is 41.8 Å². The molecule has 2 aromatic carbocycles. The number of hydrogen-bond donors (Lipinski definition) is 1. The first-order valence-corrected chi connectivity index (χ1v) is 13.4. The van der Waals surface area contributed by atoms with E-state index in [4.69, 9.17) is 44.5 Å². The van der Waals surface area contributed by atoms with Gasteiger partial charge in [0.2, 0.25) is 5.91 Å². The number of carbonyl (C=O) groups is 2. The molecule has 2 amide bonds. The molecule has 11 heteroatoms. The van der Waals surface area contributed by atoms with E-state index < -0.39 is 12.0 Å². The first kappa shape index (κ1) is 27.3. The van der Waals surface area contributed by atoms with Crippen molar-refractivity contribution in [3.8, 4) is 0 Å². The number of para-hydroxylation sites is 1. The molecule has 4 aromatic rings. The molecule has 4 rings (SSSR count). The van der Waals surface area contributed by atoms with Crippen LogP contribution in [0.3, 0.4) is 0 Å². The summed E-state index contributed by atoms with van der Waals surface area (Å²) in [6, 6.07) is 15.3. The Labute approximate surface area is 233 Å². The van der Waals surface area contributed by atoms with Gasteiger partial charge >= 0.3 is 6.09 Å². The highest BCUT2D eigenvalue weighted by Crippen LogP contribution is 2.37. The number of rotatable bonds is 8. The SMILES string of the molecule is CC(C)c1nc(COC(=O)NC(=O)CCl)n(Cc2cnc3ccccc3c2)c1Sc1cc(Cl)cc(Cl)c1. The quantitative estimate of drug-likeness (QED) is 0.226. The Hall–Kier alpha value is -2.78. The lowest BCUT2D eigenvalue weighted by Gasteiger charge is -2.14. The van der Waals surface area contributed by atoms with E-state index in [1.807, 2.05) is 61.0 Å². The van der Waals surface area contributed by atoms with Crippen LogP contribution in [0.25, 0.3) is 10.9 Å². The van der Waals surface area contributed by atoms with Crippen LogP contribution < -0.4 is 5.32 Å². The van der Waals surface area contributed by atoms with Crippen LogP contribution >= 0.6 is 46.6 Å². The third kappa shape index (κ3) is 6.96. The average Bonchev–Trinajstić information content (AvgIpc) is 3.19. The summed E-state index contributed by atoms with van der Waals surface area (Å²) in [7, 11) is 0. The maximum Gasteiger partial charge on any atom is 0.414 e.